The van der Waals surface area contributed by atoms with Crippen LogP contribution in [0.3, 0.4) is 0 Å². The van der Waals surface area contributed by atoms with Gasteiger partial charge in [0.25, 0.3) is 0 Å². The first-order valence-electron chi connectivity index (χ1n) is 6.56. The number of benzene rings is 1. The number of hydrogen-bond donors (Lipinski definition) is 1. The molecule has 0 spiro atoms. The summed E-state index contributed by atoms with van der Waals surface area (Å²) in [6.45, 7) is 6.48. The van der Waals surface area contributed by atoms with Crippen LogP contribution < -0.4 is 5.73 Å². The molecule has 1 rings (SSSR count). The van der Waals surface area contributed by atoms with Gasteiger partial charge in [-0.1, -0.05) is 45.7 Å². The second kappa shape index (κ2) is 6.15. The fraction of sp³-hybridized carbons (Fsp3) is 0.600. The van der Waals surface area contributed by atoms with E-state index in [0.29, 0.717) is 5.92 Å². The van der Waals surface area contributed by atoms with Gasteiger partial charge in [0, 0.05) is 5.54 Å². The van der Waals surface area contributed by atoms with E-state index >= 15 is 0 Å². The summed E-state index contributed by atoms with van der Waals surface area (Å²) in [4.78, 5) is 0. The Labute approximate surface area is 104 Å². The number of halogens is 1. The summed E-state index contributed by atoms with van der Waals surface area (Å²) >= 11 is 0. The summed E-state index contributed by atoms with van der Waals surface area (Å²) in [7, 11) is 0. The molecule has 0 radical (unpaired) electrons. The maximum atomic E-state index is 13.3. The minimum atomic E-state index is -0.392. The molecule has 2 unspecified atom stereocenters. The van der Waals surface area contributed by atoms with Crippen LogP contribution in [0.1, 0.15) is 52.0 Å². The van der Waals surface area contributed by atoms with E-state index in [4.69, 9.17) is 5.73 Å². The molecule has 0 aliphatic heterocycles. The Morgan fingerprint density at radius 2 is 2.06 bits per heavy atom. The largest absolute Gasteiger partial charge is 0.321 e. The third kappa shape index (κ3) is 3.81. The summed E-state index contributed by atoms with van der Waals surface area (Å²) in [6, 6.07) is 6.72. The molecule has 2 heteroatoms. The minimum Gasteiger partial charge on any atom is -0.321 e. The van der Waals surface area contributed by atoms with Gasteiger partial charge in [-0.25, -0.2) is 4.39 Å². The Hall–Kier alpha value is -0.890. The molecule has 0 amide bonds. The molecular weight excluding hydrogens is 213 g/mol. The van der Waals surface area contributed by atoms with Crippen LogP contribution >= 0.6 is 0 Å². The van der Waals surface area contributed by atoms with E-state index in [0.717, 1.165) is 18.4 Å². The van der Waals surface area contributed by atoms with Crippen LogP contribution in [0.15, 0.2) is 24.3 Å². The lowest BCUT2D eigenvalue weighted by atomic mass is 9.79. The summed E-state index contributed by atoms with van der Waals surface area (Å²) < 4.78 is 13.3. The third-order valence-corrected chi connectivity index (χ3v) is 3.52. The van der Waals surface area contributed by atoms with Gasteiger partial charge in [-0.3, -0.25) is 0 Å². The first kappa shape index (κ1) is 14.2. The van der Waals surface area contributed by atoms with Crippen molar-refractivity contribution in [3.8, 4) is 0 Å². The van der Waals surface area contributed by atoms with Crippen LogP contribution in [0.4, 0.5) is 4.39 Å². The van der Waals surface area contributed by atoms with E-state index in [1.807, 2.05) is 6.07 Å². The SMILES string of the molecule is CCCC(C)CC(N)(CC)c1cccc(F)c1. The van der Waals surface area contributed by atoms with Gasteiger partial charge < -0.3 is 5.73 Å². The molecule has 0 saturated heterocycles. The fourth-order valence-corrected chi connectivity index (χ4v) is 2.48. The highest BCUT2D eigenvalue weighted by atomic mass is 19.1. The lowest BCUT2D eigenvalue weighted by Gasteiger charge is -2.31. The van der Waals surface area contributed by atoms with Crippen molar-refractivity contribution in [2.24, 2.45) is 11.7 Å². The third-order valence-electron chi connectivity index (χ3n) is 3.52. The highest BCUT2D eigenvalue weighted by Crippen LogP contribution is 2.31. The van der Waals surface area contributed by atoms with E-state index in [9.17, 15) is 4.39 Å². The maximum absolute atomic E-state index is 13.3. The van der Waals surface area contributed by atoms with Crippen molar-refractivity contribution in [3.63, 3.8) is 0 Å². The first-order chi connectivity index (χ1) is 8.01. The van der Waals surface area contributed by atoms with Gasteiger partial charge in [-0.05, 0) is 36.5 Å². The van der Waals surface area contributed by atoms with Gasteiger partial charge in [0.1, 0.15) is 5.82 Å². The van der Waals surface area contributed by atoms with Crippen molar-refractivity contribution in [3.05, 3.63) is 35.6 Å². The lowest BCUT2D eigenvalue weighted by molar-refractivity contribution is 0.311. The van der Waals surface area contributed by atoms with Crippen LogP contribution in [0, 0.1) is 11.7 Å². The van der Waals surface area contributed by atoms with Crippen molar-refractivity contribution in [1.29, 1.82) is 0 Å². The van der Waals surface area contributed by atoms with Crippen molar-refractivity contribution < 1.29 is 4.39 Å². The molecule has 96 valence electrons. The number of nitrogens with two attached hydrogens (primary N) is 1. The van der Waals surface area contributed by atoms with Gasteiger partial charge >= 0.3 is 0 Å². The average molecular weight is 237 g/mol. The molecule has 2 N–H and O–H groups in total. The second-order valence-corrected chi connectivity index (χ2v) is 5.12. The zero-order valence-corrected chi connectivity index (χ0v) is 11.2. The van der Waals surface area contributed by atoms with Crippen molar-refractivity contribution in [1.82, 2.24) is 0 Å². The van der Waals surface area contributed by atoms with E-state index in [1.165, 1.54) is 18.9 Å². The summed E-state index contributed by atoms with van der Waals surface area (Å²) in [5, 5.41) is 0. The molecule has 0 fully saturated rings. The van der Waals surface area contributed by atoms with Crippen LogP contribution in [0.25, 0.3) is 0 Å². The molecule has 0 aliphatic carbocycles. The molecule has 0 saturated carbocycles. The Morgan fingerprint density at radius 1 is 1.35 bits per heavy atom. The molecule has 0 bridgehead atoms. The number of rotatable bonds is 6. The van der Waals surface area contributed by atoms with Crippen molar-refractivity contribution >= 4 is 0 Å². The van der Waals surface area contributed by atoms with E-state index in [1.54, 1.807) is 12.1 Å². The normalized spacial score (nSPS) is 16.5. The van der Waals surface area contributed by atoms with Crippen LogP contribution in [0.5, 0.6) is 0 Å². The van der Waals surface area contributed by atoms with Gasteiger partial charge in [0.15, 0.2) is 0 Å². The highest BCUT2D eigenvalue weighted by Gasteiger charge is 2.27. The van der Waals surface area contributed by atoms with Crippen molar-refractivity contribution in [2.75, 3.05) is 0 Å². The van der Waals surface area contributed by atoms with E-state index < -0.39 is 5.54 Å². The molecular formula is C15H24FN. The topological polar surface area (TPSA) is 26.0 Å². The lowest BCUT2D eigenvalue weighted by Crippen LogP contribution is -2.37. The molecule has 1 nitrogen and oxygen atoms in total. The summed E-state index contributed by atoms with van der Waals surface area (Å²) in [5.41, 5.74) is 6.98. The smallest absolute Gasteiger partial charge is 0.123 e. The Kier molecular flexibility index (Phi) is 5.13. The van der Waals surface area contributed by atoms with Gasteiger partial charge in [-0.2, -0.15) is 0 Å². The molecule has 2 atom stereocenters. The van der Waals surface area contributed by atoms with Gasteiger partial charge in [-0.15, -0.1) is 0 Å². The molecule has 1 aromatic rings. The molecule has 1 aromatic carbocycles. The minimum absolute atomic E-state index is 0.200. The van der Waals surface area contributed by atoms with Gasteiger partial charge in [0.05, 0.1) is 0 Å². The Bertz CT molecular complexity index is 351. The van der Waals surface area contributed by atoms with Crippen LogP contribution in [-0.4, -0.2) is 0 Å². The second-order valence-electron chi connectivity index (χ2n) is 5.12. The Morgan fingerprint density at radius 3 is 2.59 bits per heavy atom. The first-order valence-corrected chi connectivity index (χ1v) is 6.56. The fourth-order valence-electron chi connectivity index (χ4n) is 2.48. The van der Waals surface area contributed by atoms with E-state index in [2.05, 4.69) is 20.8 Å². The number of hydrogen-bond acceptors (Lipinski definition) is 1. The zero-order chi connectivity index (χ0) is 12.9. The predicted octanol–water partition coefficient (Wildman–Crippen LogP) is 4.22. The highest BCUT2D eigenvalue weighted by molar-refractivity contribution is 5.24. The average Bonchev–Trinajstić information content (AvgIpc) is 2.29. The van der Waals surface area contributed by atoms with E-state index in [-0.39, 0.29) is 5.82 Å². The van der Waals surface area contributed by atoms with Gasteiger partial charge in [0.2, 0.25) is 0 Å². The molecule has 0 aliphatic rings. The summed E-state index contributed by atoms with van der Waals surface area (Å²) in [6.07, 6.45) is 4.10. The summed E-state index contributed by atoms with van der Waals surface area (Å²) in [5.74, 6) is 0.377. The molecule has 17 heavy (non-hydrogen) atoms. The van der Waals surface area contributed by atoms with Crippen LogP contribution in [0.2, 0.25) is 0 Å². The molecule has 0 aromatic heterocycles. The standard InChI is InChI=1S/C15H24FN/c1-4-7-12(3)11-15(17,5-2)13-8-6-9-14(16)10-13/h6,8-10,12H,4-5,7,11,17H2,1-3H3. The Balaban J connectivity index is 2.87. The monoisotopic (exact) mass is 237 g/mol. The predicted molar refractivity (Wildman–Crippen MR) is 71.2 cm³/mol. The quantitative estimate of drug-likeness (QED) is 0.787. The zero-order valence-electron chi connectivity index (χ0n) is 11.2. The maximum Gasteiger partial charge on any atom is 0.123 e. The van der Waals surface area contributed by atoms with Crippen molar-refractivity contribution in [2.45, 2.75) is 52.0 Å². The molecule has 0 heterocycles. The van der Waals surface area contributed by atoms with Crippen LogP contribution in [-0.2, 0) is 5.54 Å².